The van der Waals surface area contributed by atoms with Crippen LogP contribution in [0.4, 0.5) is 5.82 Å². The number of imide groups is 1. The summed E-state index contributed by atoms with van der Waals surface area (Å²) in [7, 11) is 1.76. The van der Waals surface area contributed by atoms with Crippen LogP contribution in [-0.4, -0.2) is 33.7 Å². The minimum absolute atomic E-state index is 0.0352. The highest BCUT2D eigenvalue weighted by atomic mass is 16.2. The molecule has 2 aliphatic rings. The van der Waals surface area contributed by atoms with Gasteiger partial charge in [-0.25, -0.2) is 4.98 Å². The molecule has 100 valence electrons. The fraction of sp³-hybridized carbons (Fsp3) is 0.538. The Morgan fingerprint density at radius 1 is 1.21 bits per heavy atom. The van der Waals surface area contributed by atoms with Gasteiger partial charge in [-0.3, -0.25) is 19.5 Å². The van der Waals surface area contributed by atoms with Crippen molar-refractivity contribution in [2.45, 2.75) is 25.8 Å². The molecule has 1 saturated carbocycles. The van der Waals surface area contributed by atoms with Gasteiger partial charge in [-0.2, -0.15) is 0 Å². The van der Waals surface area contributed by atoms with Gasteiger partial charge in [-0.15, -0.1) is 0 Å². The van der Waals surface area contributed by atoms with Gasteiger partial charge in [0.05, 0.1) is 36.5 Å². The van der Waals surface area contributed by atoms with Gasteiger partial charge in [-0.05, 0) is 12.8 Å². The van der Waals surface area contributed by atoms with Gasteiger partial charge in [0, 0.05) is 7.05 Å². The number of fused-ring (bicyclic) bond motifs is 1. The molecule has 6 nitrogen and oxygen atoms in total. The Labute approximate surface area is 111 Å². The van der Waals surface area contributed by atoms with Gasteiger partial charge in [0.15, 0.2) is 0 Å². The maximum Gasteiger partial charge on any atom is 0.233 e. The molecule has 1 N–H and O–H groups in total. The maximum atomic E-state index is 12.2. The maximum absolute atomic E-state index is 12.2. The van der Waals surface area contributed by atoms with Crippen LogP contribution in [0.15, 0.2) is 12.4 Å². The third kappa shape index (κ3) is 1.97. The second-order valence-electron chi connectivity index (χ2n) is 5.05. The summed E-state index contributed by atoms with van der Waals surface area (Å²) in [5.74, 6) is 0.424. The van der Waals surface area contributed by atoms with Gasteiger partial charge >= 0.3 is 0 Å². The Morgan fingerprint density at radius 3 is 2.42 bits per heavy atom. The Morgan fingerprint density at radius 2 is 1.89 bits per heavy atom. The zero-order valence-electron chi connectivity index (χ0n) is 10.8. The molecule has 6 heteroatoms. The Bertz CT molecular complexity index is 492. The van der Waals surface area contributed by atoms with Gasteiger partial charge in [0.2, 0.25) is 11.8 Å². The Hall–Kier alpha value is -1.98. The second kappa shape index (κ2) is 4.60. The van der Waals surface area contributed by atoms with Crippen molar-refractivity contribution in [3.8, 4) is 0 Å². The average molecular weight is 260 g/mol. The van der Waals surface area contributed by atoms with Gasteiger partial charge in [0.1, 0.15) is 5.82 Å². The third-order valence-corrected chi connectivity index (χ3v) is 3.96. The standard InChI is InChI=1S/C13H16N4O2/c1-14-11-6-15-8(5-16-11)7-17-12(18)9-3-2-4-10(9)13(17)19/h5-6,9-10H,2-4,7H2,1H3,(H,14,16). The quantitative estimate of drug-likeness (QED) is 0.814. The van der Waals surface area contributed by atoms with E-state index >= 15 is 0 Å². The number of amides is 2. The van der Waals surface area contributed by atoms with E-state index in [0.29, 0.717) is 11.5 Å². The van der Waals surface area contributed by atoms with Crippen LogP contribution in [0, 0.1) is 11.8 Å². The van der Waals surface area contributed by atoms with Crippen LogP contribution in [0.3, 0.4) is 0 Å². The summed E-state index contributed by atoms with van der Waals surface area (Å²) in [4.78, 5) is 34.0. The molecule has 0 radical (unpaired) electrons. The van der Waals surface area contributed by atoms with E-state index in [-0.39, 0.29) is 30.2 Å². The molecule has 1 aromatic rings. The first-order valence-electron chi connectivity index (χ1n) is 6.54. The minimum Gasteiger partial charge on any atom is -0.372 e. The molecule has 0 spiro atoms. The van der Waals surface area contributed by atoms with Crippen molar-refractivity contribution in [1.82, 2.24) is 14.9 Å². The van der Waals surface area contributed by atoms with E-state index in [0.717, 1.165) is 19.3 Å². The summed E-state index contributed by atoms with van der Waals surface area (Å²) < 4.78 is 0. The van der Waals surface area contributed by atoms with E-state index in [9.17, 15) is 9.59 Å². The highest BCUT2D eigenvalue weighted by molar-refractivity contribution is 6.05. The average Bonchev–Trinajstić information content (AvgIpc) is 3.00. The summed E-state index contributed by atoms with van der Waals surface area (Å²) in [6.07, 6.45) is 5.87. The number of anilines is 1. The molecule has 1 aliphatic heterocycles. The van der Waals surface area contributed by atoms with Gasteiger partial charge in [0.25, 0.3) is 0 Å². The molecule has 1 aromatic heterocycles. The largest absolute Gasteiger partial charge is 0.372 e. The summed E-state index contributed by atoms with van der Waals surface area (Å²) in [5.41, 5.74) is 0.640. The summed E-state index contributed by atoms with van der Waals surface area (Å²) in [5, 5.41) is 2.88. The number of carbonyl (C=O) groups is 2. The lowest BCUT2D eigenvalue weighted by Crippen LogP contribution is -2.31. The Kier molecular flexibility index (Phi) is 2.93. The van der Waals surface area contributed by atoms with Crippen molar-refractivity contribution >= 4 is 17.6 Å². The molecule has 2 heterocycles. The summed E-state index contributed by atoms with van der Waals surface area (Å²) >= 11 is 0. The van der Waals surface area contributed by atoms with Crippen LogP contribution >= 0.6 is 0 Å². The van der Waals surface area contributed by atoms with Crippen LogP contribution < -0.4 is 5.32 Å². The first kappa shape index (κ1) is 12.1. The summed E-state index contributed by atoms with van der Waals surface area (Å²) in [6.45, 7) is 0.238. The minimum atomic E-state index is -0.0861. The van der Waals surface area contributed by atoms with Crippen LogP contribution in [0.25, 0.3) is 0 Å². The molecule has 1 aliphatic carbocycles. The lowest BCUT2D eigenvalue weighted by Gasteiger charge is -2.15. The number of hydrogen-bond donors (Lipinski definition) is 1. The number of likely N-dealkylation sites (tertiary alicyclic amines) is 1. The molecule has 2 unspecified atom stereocenters. The van der Waals surface area contributed by atoms with Crippen LogP contribution in [0.1, 0.15) is 25.0 Å². The van der Waals surface area contributed by atoms with Crippen molar-refractivity contribution in [1.29, 1.82) is 0 Å². The molecule has 2 fully saturated rings. The number of aromatic nitrogens is 2. The highest BCUT2D eigenvalue weighted by Crippen LogP contribution is 2.40. The van der Waals surface area contributed by atoms with Gasteiger partial charge < -0.3 is 5.32 Å². The number of nitrogens with one attached hydrogen (secondary N) is 1. The normalized spacial score (nSPS) is 25.8. The van der Waals surface area contributed by atoms with Crippen LogP contribution in [0.5, 0.6) is 0 Å². The van der Waals surface area contributed by atoms with E-state index in [2.05, 4.69) is 15.3 Å². The monoisotopic (exact) mass is 260 g/mol. The van der Waals surface area contributed by atoms with Crippen LogP contribution in [0.2, 0.25) is 0 Å². The fourth-order valence-corrected chi connectivity index (χ4v) is 2.94. The predicted molar refractivity (Wildman–Crippen MR) is 68.0 cm³/mol. The number of hydrogen-bond acceptors (Lipinski definition) is 5. The van der Waals surface area contributed by atoms with Crippen molar-refractivity contribution in [2.24, 2.45) is 11.8 Å². The third-order valence-electron chi connectivity index (χ3n) is 3.96. The second-order valence-corrected chi connectivity index (χ2v) is 5.05. The smallest absolute Gasteiger partial charge is 0.233 e. The lowest BCUT2D eigenvalue weighted by molar-refractivity contribution is -0.141. The first-order chi connectivity index (χ1) is 9.20. The Balaban J connectivity index is 1.76. The molecule has 0 bridgehead atoms. The molecule has 1 saturated heterocycles. The fourth-order valence-electron chi connectivity index (χ4n) is 2.94. The lowest BCUT2D eigenvalue weighted by atomic mass is 10.00. The zero-order chi connectivity index (χ0) is 13.4. The predicted octanol–water partition coefficient (Wildman–Crippen LogP) is 0.803. The molecule has 2 amide bonds. The van der Waals surface area contributed by atoms with E-state index in [1.165, 1.54) is 4.90 Å². The van der Waals surface area contributed by atoms with E-state index < -0.39 is 0 Å². The molecule has 3 rings (SSSR count). The highest BCUT2D eigenvalue weighted by Gasteiger charge is 2.49. The molecular formula is C13H16N4O2. The van der Waals surface area contributed by atoms with Crippen molar-refractivity contribution in [2.75, 3.05) is 12.4 Å². The van der Waals surface area contributed by atoms with Crippen molar-refractivity contribution in [3.05, 3.63) is 18.1 Å². The van der Waals surface area contributed by atoms with Crippen molar-refractivity contribution < 1.29 is 9.59 Å². The molecule has 2 atom stereocenters. The van der Waals surface area contributed by atoms with Crippen LogP contribution in [-0.2, 0) is 16.1 Å². The number of nitrogens with zero attached hydrogens (tertiary/aromatic N) is 3. The molecule has 19 heavy (non-hydrogen) atoms. The first-order valence-corrected chi connectivity index (χ1v) is 6.54. The number of rotatable bonds is 3. The number of carbonyl (C=O) groups excluding carboxylic acids is 2. The van der Waals surface area contributed by atoms with E-state index in [1.54, 1.807) is 19.4 Å². The van der Waals surface area contributed by atoms with Crippen molar-refractivity contribution in [3.63, 3.8) is 0 Å². The SMILES string of the molecule is CNc1cnc(CN2C(=O)C3CCCC3C2=O)cn1. The topological polar surface area (TPSA) is 75.2 Å². The summed E-state index contributed by atoms with van der Waals surface area (Å²) in [6, 6.07) is 0. The van der Waals surface area contributed by atoms with Gasteiger partial charge in [-0.1, -0.05) is 6.42 Å². The zero-order valence-corrected chi connectivity index (χ0v) is 10.8. The van der Waals surface area contributed by atoms with E-state index in [1.807, 2.05) is 0 Å². The molecule has 0 aromatic carbocycles. The molecular weight excluding hydrogens is 244 g/mol. The van der Waals surface area contributed by atoms with E-state index in [4.69, 9.17) is 0 Å².